The predicted molar refractivity (Wildman–Crippen MR) is 73.4 cm³/mol. The molecule has 0 aliphatic carbocycles. The number of rotatable bonds is 4. The Labute approximate surface area is 116 Å². The van der Waals surface area contributed by atoms with Crippen LogP contribution in [-0.4, -0.2) is 46.1 Å². The van der Waals surface area contributed by atoms with E-state index in [1.165, 1.54) is 24.3 Å². The van der Waals surface area contributed by atoms with E-state index in [0.717, 1.165) is 0 Å². The Morgan fingerprint density at radius 1 is 1.50 bits per heavy atom. The van der Waals surface area contributed by atoms with Crippen molar-refractivity contribution in [2.24, 2.45) is 0 Å². The largest absolute Gasteiger partial charge is 0.392 e. The Hall–Kier alpha value is -1.99. The van der Waals surface area contributed by atoms with Crippen LogP contribution in [0.15, 0.2) is 24.3 Å². The molecule has 0 aromatic heterocycles. The van der Waals surface area contributed by atoms with Crippen molar-refractivity contribution in [3.05, 3.63) is 34.4 Å². The van der Waals surface area contributed by atoms with Crippen LogP contribution >= 0.6 is 0 Å². The monoisotopic (exact) mass is 279 g/mol. The van der Waals surface area contributed by atoms with Crippen LogP contribution in [0.25, 0.3) is 0 Å². The number of carbonyl (C=O) groups is 1. The van der Waals surface area contributed by atoms with Gasteiger partial charge in [0.2, 0.25) is 5.91 Å². The maximum Gasteiger partial charge on any atom is 0.269 e. The average molecular weight is 279 g/mol. The summed E-state index contributed by atoms with van der Waals surface area (Å²) in [5, 5.41) is 22.7. The third-order valence-corrected chi connectivity index (χ3v) is 3.47. The number of nitrogens with one attached hydrogen (secondary N) is 1. The number of hydrogen-bond acceptors (Lipinski definition) is 5. The number of nitrogens with zero attached hydrogens (tertiary/aromatic N) is 2. The summed E-state index contributed by atoms with van der Waals surface area (Å²) in [6, 6.07) is 5.35. The van der Waals surface area contributed by atoms with E-state index in [-0.39, 0.29) is 23.7 Å². The Morgan fingerprint density at radius 2 is 2.15 bits per heavy atom. The van der Waals surface area contributed by atoms with Crippen LogP contribution in [0.5, 0.6) is 0 Å². The molecule has 108 valence electrons. The molecule has 1 heterocycles. The second kappa shape index (κ2) is 5.98. The van der Waals surface area contributed by atoms with Crippen molar-refractivity contribution in [2.45, 2.75) is 25.5 Å². The number of nitro benzene ring substituents is 1. The molecule has 2 N–H and O–H groups in total. The van der Waals surface area contributed by atoms with Crippen LogP contribution in [0.3, 0.4) is 0 Å². The van der Waals surface area contributed by atoms with Crippen molar-refractivity contribution >= 4 is 17.3 Å². The maximum atomic E-state index is 12.1. The van der Waals surface area contributed by atoms with Gasteiger partial charge < -0.3 is 10.4 Å². The van der Waals surface area contributed by atoms with E-state index in [1.807, 2.05) is 4.90 Å². The lowest BCUT2D eigenvalue weighted by Gasteiger charge is -2.22. The molecule has 1 aromatic rings. The van der Waals surface area contributed by atoms with Crippen molar-refractivity contribution < 1.29 is 14.8 Å². The number of anilines is 1. The smallest absolute Gasteiger partial charge is 0.269 e. The van der Waals surface area contributed by atoms with Crippen molar-refractivity contribution in [1.82, 2.24) is 4.90 Å². The van der Waals surface area contributed by atoms with E-state index in [0.29, 0.717) is 25.2 Å². The molecule has 1 aromatic carbocycles. The van der Waals surface area contributed by atoms with Crippen molar-refractivity contribution in [3.63, 3.8) is 0 Å². The average Bonchev–Trinajstić information content (AvgIpc) is 2.85. The summed E-state index contributed by atoms with van der Waals surface area (Å²) in [6.07, 6.45) is 0.305. The molecular weight excluding hydrogens is 262 g/mol. The van der Waals surface area contributed by atoms with Gasteiger partial charge in [0, 0.05) is 30.9 Å². The van der Waals surface area contributed by atoms with E-state index in [4.69, 9.17) is 0 Å². The molecule has 20 heavy (non-hydrogen) atoms. The minimum Gasteiger partial charge on any atom is -0.392 e. The number of likely N-dealkylation sites (tertiary alicyclic amines) is 1. The van der Waals surface area contributed by atoms with Crippen LogP contribution in [0, 0.1) is 10.1 Å². The van der Waals surface area contributed by atoms with Gasteiger partial charge in [0.05, 0.1) is 17.1 Å². The second-order valence-electron chi connectivity index (χ2n) is 4.91. The number of β-amino-alcohol motifs (C(OH)–C–C–N with tert-alkyl or cyclic N) is 1. The summed E-state index contributed by atoms with van der Waals surface area (Å²) >= 11 is 0. The number of nitro groups is 1. The summed E-state index contributed by atoms with van der Waals surface area (Å²) in [4.78, 5) is 24.0. The number of carbonyl (C=O) groups excluding carboxylic acids is 1. The van der Waals surface area contributed by atoms with Crippen LogP contribution in [0.2, 0.25) is 0 Å². The minimum absolute atomic E-state index is 0.0151. The SMILES string of the molecule is CC(C(=O)Nc1ccc([N+](=O)[O-])cc1)N1CC[C@H](O)C1. The fraction of sp³-hybridized carbons (Fsp3) is 0.462. The highest BCUT2D eigenvalue weighted by Crippen LogP contribution is 2.17. The molecule has 7 nitrogen and oxygen atoms in total. The molecule has 0 spiro atoms. The first-order chi connectivity index (χ1) is 9.47. The molecule has 0 bridgehead atoms. The van der Waals surface area contributed by atoms with Gasteiger partial charge in [-0.25, -0.2) is 0 Å². The summed E-state index contributed by atoms with van der Waals surface area (Å²) in [5.41, 5.74) is 0.505. The van der Waals surface area contributed by atoms with E-state index in [2.05, 4.69) is 5.32 Å². The van der Waals surface area contributed by atoms with Crippen LogP contribution < -0.4 is 5.32 Å². The normalized spacial score (nSPS) is 20.6. The third-order valence-electron chi connectivity index (χ3n) is 3.47. The zero-order valence-electron chi connectivity index (χ0n) is 11.2. The number of non-ortho nitro benzene ring substituents is 1. The van der Waals surface area contributed by atoms with Crippen LogP contribution in [-0.2, 0) is 4.79 Å². The number of aliphatic hydroxyl groups is 1. The van der Waals surface area contributed by atoms with Crippen LogP contribution in [0.4, 0.5) is 11.4 Å². The van der Waals surface area contributed by atoms with Crippen molar-refractivity contribution in [2.75, 3.05) is 18.4 Å². The fourth-order valence-corrected chi connectivity index (χ4v) is 2.20. The molecule has 0 saturated carbocycles. The fourth-order valence-electron chi connectivity index (χ4n) is 2.20. The highest BCUT2D eigenvalue weighted by molar-refractivity contribution is 5.94. The molecule has 1 aliphatic heterocycles. The zero-order valence-corrected chi connectivity index (χ0v) is 11.2. The molecule has 1 saturated heterocycles. The Bertz CT molecular complexity index is 503. The summed E-state index contributed by atoms with van der Waals surface area (Å²) in [5.74, 6) is -0.187. The maximum absolute atomic E-state index is 12.1. The Morgan fingerprint density at radius 3 is 2.65 bits per heavy atom. The standard InChI is InChI=1S/C13H17N3O4/c1-9(15-7-6-12(17)8-15)13(18)14-10-2-4-11(5-3-10)16(19)20/h2-5,9,12,17H,6-8H2,1H3,(H,14,18)/t9?,12-/m0/s1. The van der Waals surface area contributed by atoms with Gasteiger partial charge in [-0.1, -0.05) is 0 Å². The third kappa shape index (κ3) is 3.31. The topological polar surface area (TPSA) is 95.7 Å². The minimum atomic E-state index is -0.486. The van der Waals surface area contributed by atoms with Crippen molar-refractivity contribution in [1.29, 1.82) is 0 Å². The molecule has 1 aliphatic rings. The molecule has 1 amide bonds. The van der Waals surface area contributed by atoms with E-state index < -0.39 is 4.92 Å². The first-order valence-corrected chi connectivity index (χ1v) is 6.45. The van der Waals surface area contributed by atoms with Crippen LogP contribution in [0.1, 0.15) is 13.3 Å². The first kappa shape index (κ1) is 14.4. The molecule has 7 heteroatoms. The zero-order chi connectivity index (χ0) is 14.7. The molecule has 1 fully saturated rings. The lowest BCUT2D eigenvalue weighted by atomic mass is 10.2. The second-order valence-corrected chi connectivity index (χ2v) is 4.91. The molecule has 2 atom stereocenters. The Balaban J connectivity index is 1.95. The number of amides is 1. The van der Waals surface area contributed by atoms with Gasteiger partial charge in [-0.15, -0.1) is 0 Å². The molecule has 2 rings (SSSR count). The highest BCUT2D eigenvalue weighted by Gasteiger charge is 2.28. The number of benzene rings is 1. The molecule has 0 radical (unpaired) electrons. The highest BCUT2D eigenvalue weighted by atomic mass is 16.6. The van der Waals surface area contributed by atoms with Gasteiger partial charge in [0.25, 0.3) is 5.69 Å². The lowest BCUT2D eigenvalue weighted by Crippen LogP contribution is -2.41. The van der Waals surface area contributed by atoms with Gasteiger partial charge in [-0.2, -0.15) is 0 Å². The van der Waals surface area contributed by atoms with Gasteiger partial charge in [-0.3, -0.25) is 19.8 Å². The summed E-state index contributed by atoms with van der Waals surface area (Å²) < 4.78 is 0. The summed E-state index contributed by atoms with van der Waals surface area (Å²) in [6.45, 7) is 2.96. The van der Waals surface area contributed by atoms with Gasteiger partial charge >= 0.3 is 0 Å². The van der Waals surface area contributed by atoms with Gasteiger partial charge in [-0.05, 0) is 25.5 Å². The first-order valence-electron chi connectivity index (χ1n) is 6.45. The van der Waals surface area contributed by atoms with Gasteiger partial charge in [0.15, 0.2) is 0 Å². The van der Waals surface area contributed by atoms with E-state index in [1.54, 1.807) is 6.92 Å². The number of aliphatic hydroxyl groups excluding tert-OH is 1. The molecule has 1 unspecified atom stereocenters. The quantitative estimate of drug-likeness (QED) is 0.633. The van der Waals surface area contributed by atoms with Crippen molar-refractivity contribution in [3.8, 4) is 0 Å². The number of hydrogen-bond donors (Lipinski definition) is 2. The predicted octanol–water partition coefficient (Wildman–Crippen LogP) is 0.988. The molecular formula is C13H17N3O4. The lowest BCUT2D eigenvalue weighted by molar-refractivity contribution is -0.384. The van der Waals surface area contributed by atoms with E-state index in [9.17, 15) is 20.0 Å². The summed E-state index contributed by atoms with van der Waals surface area (Å²) in [7, 11) is 0. The van der Waals surface area contributed by atoms with E-state index >= 15 is 0 Å². The Kier molecular flexibility index (Phi) is 4.31. The van der Waals surface area contributed by atoms with Gasteiger partial charge in [0.1, 0.15) is 0 Å².